The number of rotatable bonds is 4. The number of piperidine rings is 1. The molecule has 6 nitrogen and oxygen atoms in total. The number of imidazole rings is 1. The molecule has 1 aliphatic heterocycles. The van der Waals surface area contributed by atoms with Gasteiger partial charge in [-0.3, -0.25) is 4.79 Å². The van der Waals surface area contributed by atoms with E-state index in [2.05, 4.69) is 17.1 Å². The monoisotopic (exact) mass is 312 g/mol. The molecule has 2 heterocycles. The van der Waals surface area contributed by atoms with E-state index in [1.807, 2.05) is 35.2 Å². The number of hydrogen-bond acceptors (Lipinski definition) is 4. The summed E-state index contributed by atoms with van der Waals surface area (Å²) in [7, 11) is 0. The van der Waals surface area contributed by atoms with Crippen LogP contribution in [0.25, 0.3) is 0 Å². The highest BCUT2D eigenvalue weighted by molar-refractivity contribution is 5.84. The Balaban J connectivity index is 1.91. The molecule has 1 aliphatic rings. The van der Waals surface area contributed by atoms with Gasteiger partial charge in [0.1, 0.15) is 6.04 Å². The number of carbonyl (C=O) groups is 1. The topological polar surface area (TPSA) is 67.6 Å². The molecule has 0 radical (unpaired) electrons. The van der Waals surface area contributed by atoms with Crippen molar-refractivity contribution in [2.75, 3.05) is 13.1 Å². The van der Waals surface area contributed by atoms with Crippen molar-refractivity contribution in [1.29, 1.82) is 0 Å². The minimum Gasteiger partial charge on any atom is -0.341 e. The summed E-state index contributed by atoms with van der Waals surface area (Å²) >= 11 is 0. The van der Waals surface area contributed by atoms with Gasteiger partial charge in [-0.1, -0.05) is 37.3 Å². The standard InChI is InChI=1S/C17H20N4O2/c1-13-7-9-20(10-8-13)17(22)16(14-5-3-2-4-6-14)21-11-15(19-23)18-12-21/h2-6,11-13,16H,7-10H2,1H3/t16-/m1/s1. The van der Waals surface area contributed by atoms with Gasteiger partial charge in [0, 0.05) is 13.1 Å². The number of amides is 1. The van der Waals surface area contributed by atoms with Gasteiger partial charge in [0.25, 0.3) is 0 Å². The zero-order valence-electron chi connectivity index (χ0n) is 13.1. The highest BCUT2D eigenvalue weighted by Gasteiger charge is 2.29. The molecule has 0 N–H and O–H groups in total. The van der Waals surface area contributed by atoms with Crippen LogP contribution in [0.3, 0.4) is 0 Å². The van der Waals surface area contributed by atoms with Gasteiger partial charge in [-0.25, -0.2) is 4.98 Å². The summed E-state index contributed by atoms with van der Waals surface area (Å²) < 4.78 is 1.67. The van der Waals surface area contributed by atoms with Gasteiger partial charge < -0.3 is 9.47 Å². The maximum Gasteiger partial charge on any atom is 0.250 e. The van der Waals surface area contributed by atoms with Crippen LogP contribution in [-0.2, 0) is 4.79 Å². The molecule has 2 aromatic rings. The Bertz CT molecular complexity index is 675. The third-order valence-corrected chi connectivity index (χ3v) is 4.42. The molecule has 1 aromatic heterocycles. The average Bonchev–Trinajstić information content (AvgIpc) is 3.05. The first-order chi connectivity index (χ1) is 11.2. The molecule has 1 atom stereocenters. The first-order valence-electron chi connectivity index (χ1n) is 7.89. The van der Waals surface area contributed by atoms with Crippen LogP contribution in [0, 0.1) is 10.8 Å². The van der Waals surface area contributed by atoms with Crippen molar-refractivity contribution in [3.05, 3.63) is 53.3 Å². The number of carbonyl (C=O) groups excluding carboxylic acids is 1. The van der Waals surface area contributed by atoms with Gasteiger partial charge >= 0.3 is 0 Å². The van der Waals surface area contributed by atoms with Crippen LogP contribution < -0.4 is 0 Å². The molecule has 0 bridgehead atoms. The lowest BCUT2D eigenvalue weighted by Gasteiger charge is -2.33. The van der Waals surface area contributed by atoms with Gasteiger partial charge in [0.05, 0.1) is 12.5 Å². The molecule has 0 unspecified atom stereocenters. The Hall–Kier alpha value is -2.50. The van der Waals surface area contributed by atoms with Crippen LogP contribution in [0.1, 0.15) is 31.4 Å². The molecular weight excluding hydrogens is 292 g/mol. The highest BCUT2D eigenvalue weighted by atomic mass is 16.3. The van der Waals surface area contributed by atoms with E-state index < -0.39 is 6.04 Å². The fraction of sp³-hybridized carbons (Fsp3) is 0.412. The van der Waals surface area contributed by atoms with Gasteiger partial charge in [0.2, 0.25) is 11.7 Å². The van der Waals surface area contributed by atoms with E-state index in [1.54, 1.807) is 4.57 Å². The lowest BCUT2D eigenvalue weighted by atomic mass is 9.97. The highest BCUT2D eigenvalue weighted by Crippen LogP contribution is 2.25. The summed E-state index contributed by atoms with van der Waals surface area (Å²) in [5, 5.41) is 2.84. The summed E-state index contributed by atoms with van der Waals surface area (Å²) in [5.74, 6) is 0.789. The van der Waals surface area contributed by atoms with Crippen LogP contribution in [0.4, 0.5) is 5.82 Å². The molecule has 1 aromatic carbocycles. The Kier molecular flexibility index (Phi) is 4.50. The van der Waals surface area contributed by atoms with Crippen molar-refractivity contribution >= 4 is 11.7 Å². The molecule has 1 amide bonds. The first-order valence-corrected chi connectivity index (χ1v) is 7.89. The summed E-state index contributed by atoms with van der Waals surface area (Å²) in [6.45, 7) is 3.77. The number of benzene rings is 1. The van der Waals surface area contributed by atoms with Crippen molar-refractivity contribution < 1.29 is 4.79 Å². The van der Waals surface area contributed by atoms with Crippen molar-refractivity contribution in [3.63, 3.8) is 0 Å². The molecule has 0 saturated carbocycles. The fourth-order valence-electron chi connectivity index (χ4n) is 2.99. The lowest BCUT2D eigenvalue weighted by molar-refractivity contribution is -0.134. The van der Waals surface area contributed by atoms with Crippen LogP contribution in [0.5, 0.6) is 0 Å². The first kappa shape index (κ1) is 15.4. The van der Waals surface area contributed by atoms with Crippen molar-refractivity contribution in [3.8, 4) is 0 Å². The van der Waals surface area contributed by atoms with E-state index in [9.17, 15) is 9.70 Å². The van der Waals surface area contributed by atoms with E-state index in [0.717, 1.165) is 31.5 Å². The van der Waals surface area contributed by atoms with Crippen LogP contribution >= 0.6 is 0 Å². The molecule has 23 heavy (non-hydrogen) atoms. The van der Waals surface area contributed by atoms with Gasteiger partial charge in [-0.15, -0.1) is 4.91 Å². The van der Waals surface area contributed by atoms with Gasteiger partial charge in [-0.2, -0.15) is 0 Å². The number of hydrogen-bond donors (Lipinski definition) is 0. The molecule has 1 fully saturated rings. The molecule has 3 rings (SSSR count). The van der Waals surface area contributed by atoms with Crippen LogP contribution in [0.2, 0.25) is 0 Å². The summed E-state index contributed by atoms with van der Waals surface area (Å²) in [6, 6.07) is 9.06. The predicted molar refractivity (Wildman–Crippen MR) is 87.2 cm³/mol. The lowest BCUT2D eigenvalue weighted by Crippen LogP contribution is -2.42. The molecule has 0 spiro atoms. The molecule has 120 valence electrons. The van der Waals surface area contributed by atoms with Crippen molar-refractivity contribution in [2.45, 2.75) is 25.8 Å². The summed E-state index contributed by atoms with van der Waals surface area (Å²) in [5.41, 5.74) is 0.881. The minimum atomic E-state index is -0.507. The van der Waals surface area contributed by atoms with E-state index in [4.69, 9.17) is 0 Å². The molecule has 6 heteroatoms. The predicted octanol–water partition coefficient (Wildman–Crippen LogP) is 3.13. The fourth-order valence-corrected chi connectivity index (χ4v) is 2.99. The maximum absolute atomic E-state index is 13.1. The van der Waals surface area contributed by atoms with Crippen molar-refractivity contribution in [1.82, 2.24) is 14.5 Å². The summed E-state index contributed by atoms with van der Waals surface area (Å²) in [6.07, 6.45) is 5.07. The second-order valence-electron chi connectivity index (χ2n) is 6.09. The third kappa shape index (κ3) is 3.31. The van der Waals surface area contributed by atoms with Gasteiger partial charge in [0.15, 0.2) is 0 Å². The number of nitroso groups, excluding NO2 is 1. The largest absolute Gasteiger partial charge is 0.341 e. The average molecular weight is 312 g/mol. The SMILES string of the molecule is CC1CCN(C(=O)[C@@H](c2ccccc2)n2cnc(N=O)c2)CC1. The number of aromatic nitrogens is 2. The van der Waals surface area contributed by atoms with Crippen molar-refractivity contribution in [2.24, 2.45) is 11.1 Å². The Morgan fingerprint density at radius 3 is 2.57 bits per heavy atom. The van der Waals surface area contributed by atoms with E-state index >= 15 is 0 Å². The zero-order chi connectivity index (χ0) is 16.2. The molecule has 0 aliphatic carbocycles. The smallest absolute Gasteiger partial charge is 0.250 e. The van der Waals surface area contributed by atoms with Gasteiger partial charge in [-0.05, 0) is 29.5 Å². The summed E-state index contributed by atoms with van der Waals surface area (Å²) in [4.78, 5) is 29.6. The normalized spacial score (nSPS) is 17.0. The second-order valence-corrected chi connectivity index (χ2v) is 6.09. The van der Waals surface area contributed by atoms with E-state index in [0.29, 0.717) is 5.92 Å². The molecular formula is C17H20N4O2. The second kappa shape index (κ2) is 6.73. The maximum atomic E-state index is 13.1. The quantitative estimate of drug-likeness (QED) is 0.815. The Labute approximate surface area is 135 Å². The number of likely N-dealkylation sites (tertiary alicyclic amines) is 1. The third-order valence-electron chi connectivity index (χ3n) is 4.42. The van der Waals surface area contributed by atoms with E-state index in [1.165, 1.54) is 12.5 Å². The molecule has 1 saturated heterocycles. The zero-order valence-corrected chi connectivity index (χ0v) is 13.1. The Morgan fingerprint density at radius 1 is 1.26 bits per heavy atom. The van der Waals surface area contributed by atoms with E-state index in [-0.39, 0.29) is 11.7 Å². The Morgan fingerprint density at radius 2 is 1.96 bits per heavy atom. The minimum absolute atomic E-state index is 0.0398. The number of nitrogens with zero attached hydrogens (tertiary/aromatic N) is 4. The van der Waals surface area contributed by atoms with Crippen LogP contribution in [-0.4, -0.2) is 33.4 Å². The van der Waals surface area contributed by atoms with Crippen LogP contribution in [0.15, 0.2) is 48.0 Å².